The standard InChI is InChI=1S/C16H30N2S/c1-3-5-9-14(4-2)12-17-15-18-16(13-19-15)10-7-6-8-11-16/h14H,3-13H2,1-2H3,(H,17,18). The molecule has 110 valence electrons. The predicted molar refractivity (Wildman–Crippen MR) is 87.0 cm³/mol. The molecular weight excluding hydrogens is 252 g/mol. The molecule has 1 saturated carbocycles. The minimum Gasteiger partial charge on any atom is -0.359 e. The molecule has 1 spiro atoms. The lowest BCUT2D eigenvalue weighted by atomic mass is 9.83. The Hall–Kier alpha value is -0.180. The van der Waals surface area contributed by atoms with Crippen molar-refractivity contribution in [2.45, 2.75) is 77.2 Å². The minimum atomic E-state index is 0.410. The number of nitrogens with zero attached hydrogens (tertiary/aromatic N) is 1. The molecule has 0 amide bonds. The molecule has 0 aromatic heterocycles. The van der Waals surface area contributed by atoms with E-state index in [9.17, 15) is 0 Å². The summed E-state index contributed by atoms with van der Waals surface area (Å²) in [6, 6.07) is 0. The molecule has 2 fully saturated rings. The Kier molecular flexibility index (Phi) is 6.06. The lowest BCUT2D eigenvalue weighted by molar-refractivity contribution is 0.303. The lowest BCUT2D eigenvalue weighted by Crippen LogP contribution is -2.45. The first kappa shape index (κ1) is 15.2. The van der Waals surface area contributed by atoms with Crippen LogP contribution >= 0.6 is 11.8 Å². The fraction of sp³-hybridized carbons (Fsp3) is 0.938. The number of aliphatic imine (C=N–C) groups is 1. The summed E-state index contributed by atoms with van der Waals surface area (Å²) >= 11 is 1.96. The van der Waals surface area contributed by atoms with Gasteiger partial charge in [0.05, 0.1) is 0 Å². The SMILES string of the molecule is CCCCC(CC)CN=C1NC2(CCCCC2)CS1. The normalized spacial score (nSPS) is 25.7. The van der Waals surface area contributed by atoms with Gasteiger partial charge in [0.1, 0.15) is 0 Å². The Balaban J connectivity index is 1.80. The summed E-state index contributed by atoms with van der Waals surface area (Å²) in [5.41, 5.74) is 0.410. The highest BCUT2D eigenvalue weighted by atomic mass is 32.2. The second-order valence-electron chi connectivity index (χ2n) is 6.32. The summed E-state index contributed by atoms with van der Waals surface area (Å²) in [6.45, 7) is 5.61. The van der Waals surface area contributed by atoms with Gasteiger partial charge in [-0.15, -0.1) is 0 Å². The van der Waals surface area contributed by atoms with E-state index in [1.54, 1.807) is 0 Å². The van der Waals surface area contributed by atoms with Crippen molar-refractivity contribution in [3.8, 4) is 0 Å². The van der Waals surface area contributed by atoms with Crippen molar-refractivity contribution in [3.05, 3.63) is 0 Å². The summed E-state index contributed by atoms with van der Waals surface area (Å²) in [7, 11) is 0. The molecule has 0 aromatic rings. The maximum atomic E-state index is 4.87. The number of unbranched alkanes of at least 4 members (excludes halogenated alkanes) is 1. The van der Waals surface area contributed by atoms with Crippen LogP contribution in [0.3, 0.4) is 0 Å². The zero-order chi connectivity index (χ0) is 13.6. The molecule has 19 heavy (non-hydrogen) atoms. The Bertz CT molecular complexity index is 295. The first-order valence-corrected chi connectivity index (χ1v) is 9.22. The number of hydrogen-bond acceptors (Lipinski definition) is 2. The molecule has 1 aliphatic heterocycles. The average Bonchev–Trinajstić information content (AvgIpc) is 2.83. The third-order valence-electron chi connectivity index (χ3n) is 4.70. The molecule has 1 saturated heterocycles. The second-order valence-corrected chi connectivity index (χ2v) is 7.28. The van der Waals surface area contributed by atoms with Crippen molar-refractivity contribution in [1.82, 2.24) is 5.32 Å². The van der Waals surface area contributed by atoms with Crippen LogP contribution in [0, 0.1) is 5.92 Å². The zero-order valence-electron chi connectivity index (χ0n) is 12.7. The molecule has 1 unspecified atom stereocenters. The number of nitrogens with one attached hydrogen (secondary N) is 1. The van der Waals surface area contributed by atoms with Crippen molar-refractivity contribution in [2.24, 2.45) is 10.9 Å². The molecule has 0 bridgehead atoms. The maximum Gasteiger partial charge on any atom is 0.157 e. The number of thioether (sulfide) groups is 1. The van der Waals surface area contributed by atoms with Gasteiger partial charge in [0, 0.05) is 17.8 Å². The highest BCUT2D eigenvalue weighted by molar-refractivity contribution is 8.14. The van der Waals surface area contributed by atoms with E-state index in [0.717, 1.165) is 12.5 Å². The molecule has 0 radical (unpaired) electrons. The van der Waals surface area contributed by atoms with Crippen LogP contribution in [-0.2, 0) is 0 Å². The van der Waals surface area contributed by atoms with Crippen molar-refractivity contribution in [3.63, 3.8) is 0 Å². The van der Waals surface area contributed by atoms with Crippen molar-refractivity contribution in [2.75, 3.05) is 12.3 Å². The number of rotatable bonds is 6. The van der Waals surface area contributed by atoms with E-state index in [1.165, 1.54) is 68.7 Å². The largest absolute Gasteiger partial charge is 0.359 e. The minimum absolute atomic E-state index is 0.410. The van der Waals surface area contributed by atoms with Crippen molar-refractivity contribution < 1.29 is 0 Å². The summed E-state index contributed by atoms with van der Waals surface area (Å²) in [6.07, 6.45) is 12.2. The Morgan fingerprint density at radius 2 is 2.05 bits per heavy atom. The van der Waals surface area contributed by atoms with Crippen LogP contribution in [0.1, 0.15) is 71.6 Å². The smallest absolute Gasteiger partial charge is 0.157 e. The zero-order valence-corrected chi connectivity index (χ0v) is 13.5. The fourth-order valence-electron chi connectivity index (χ4n) is 3.22. The second kappa shape index (κ2) is 7.56. The van der Waals surface area contributed by atoms with E-state index in [2.05, 4.69) is 19.2 Å². The first-order chi connectivity index (χ1) is 9.28. The molecule has 2 nitrogen and oxygen atoms in total. The van der Waals surface area contributed by atoms with Gasteiger partial charge in [0.15, 0.2) is 5.17 Å². The van der Waals surface area contributed by atoms with Gasteiger partial charge in [-0.25, -0.2) is 0 Å². The van der Waals surface area contributed by atoms with Crippen LogP contribution in [0.2, 0.25) is 0 Å². The maximum absolute atomic E-state index is 4.87. The van der Waals surface area contributed by atoms with Crippen molar-refractivity contribution >= 4 is 16.9 Å². The quantitative estimate of drug-likeness (QED) is 0.770. The van der Waals surface area contributed by atoms with Gasteiger partial charge in [0.25, 0.3) is 0 Å². The van der Waals surface area contributed by atoms with Gasteiger partial charge >= 0.3 is 0 Å². The molecule has 1 heterocycles. The third-order valence-corrected chi connectivity index (χ3v) is 5.91. The highest BCUT2D eigenvalue weighted by Gasteiger charge is 2.37. The van der Waals surface area contributed by atoms with Crippen LogP contribution in [0.5, 0.6) is 0 Å². The van der Waals surface area contributed by atoms with Gasteiger partial charge in [-0.05, 0) is 25.2 Å². The van der Waals surface area contributed by atoms with Gasteiger partial charge in [-0.3, -0.25) is 4.99 Å². The molecule has 1 atom stereocenters. The van der Waals surface area contributed by atoms with E-state index in [-0.39, 0.29) is 0 Å². The average molecular weight is 282 g/mol. The van der Waals surface area contributed by atoms with E-state index < -0.39 is 0 Å². The van der Waals surface area contributed by atoms with Gasteiger partial charge in [-0.2, -0.15) is 0 Å². The van der Waals surface area contributed by atoms with Crippen LogP contribution in [0.4, 0.5) is 0 Å². The van der Waals surface area contributed by atoms with Gasteiger partial charge < -0.3 is 5.32 Å². The molecule has 1 N–H and O–H groups in total. The highest BCUT2D eigenvalue weighted by Crippen LogP contribution is 2.36. The summed E-state index contributed by atoms with van der Waals surface area (Å²) < 4.78 is 0. The van der Waals surface area contributed by atoms with Crippen LogP contribution in [0.25, 0.3) is 0 Å². The predicted octanol–water partition coefficient (Wildman–Crippen LogP) is 4.60. The molecule has 2 rings (SSSR count). The van der Waals surface area contributed by atoms with E-state index in [1.807, 2.05) is 11.8 Å². The summed E-state index contributed by atoms with van der Waals surface area (Å²) in [4.78, 5) is 4.87. The third kappa shape index (κ3) is 4.40. The topological polar surface area (TPSA) is 24.4 Å². The van der Waals surface area contributed by atoms with Crippen LogP contribution in [0.15, 0.2) is 4.99 Å². The monoisotopic (exact) mass is 282 g/mol. The Labute approximate surface area is 123 Å². The fourth-order valence-corrected chi connectivity index (χ4v) is 4.45. The lowest BCUT2D eigenvalue weighted by Gasteiger charge is -2.32. The van der Waals surface area contributed by atoms with E-state index >= 15 is 0 Å². The summed E-state index contributed by atoms with van der Waals surface area (Å²) in [5, 5.41) is 4.99. The molecular formula is C16H30N2S. The molecule has 3 heteroatoms. The molecule has 0 aromatic carbocycles. The van der Waals surface area contributed by atoms with Crippen LogP contribution < -0.4 is 5.32 Å². The van der Waals surface area contributed by atoms with E-state index in [4.69, 9.17) is 4.99 Å². The van der Waals surface area contributed by atoms with Gasteiger partial charge in [-0.1, -0.05) is 64.1 Å². The van der Waals surface area contributed by atoms with E-state index in [0.29, 0.717) is 5.54 Å². The van der Waals surface area contributed by atoms with Crippen LogP contribution in [-0.4, -0.2) is 23.0 Å². The first-order valence-electron chi connectivity index (χ1n) is 8.23. The van der Waals surface area contributed by atoms with Crippen molar-refractivity contribution in [1.29, 1.82) is 0 Å². The number of hydrogen-bond donors (Lipinski definition) is 1. The molecule has 1 aliphatic carbocycles. The number of amidine groups is 1. The summed E-state index contributed by atoms with van der Waals surface area (Å²) in [5.74, 6) is 2.04. The molecule has 2 aliphatic rings. The van der Waals surface area contributed by atoms with Gasteiger partial charge in [0.2, 0.25) is 0 Å². The Morgan fingerprint density at radius 3 is 2.74 bits per heavy atom. The Morgan fingerprint density at radius 1 is 1.26 bits per heavy atom.